The zero-order valence-corrected chi connectivity index (χ0v) is 16.3. The zero-order valence-electron chi connectivity index (χ0n) is 15.4. The Labute approximate surface area is 154 Å². The van der Waals surface area contributed by atoms with Gasteiger partial charge in [0.1, 0.15) is 23.2 Å². The van der Waals surface area contributed by atoms with Gasteiger partial charge in [0.15, 0.2) is 0 Å². The Morgan fingerprint density at radius 2 is 1.40 bits per heavy atom. The normalized spacial score (nSPS) is 14.4. The number of allylic oxidation sites excluding steroid dienone is 4. The van der Waals surface area contributed by atoms with Gasteiger partial charge in [0.2, 0.25) is 0 Å². The number of rotatable bonds is 8. The molecule has 2 aromatic carbocycles. The predicted molar refractivity (Wildman–Crippen MR) is 115 cm³/mol. The van der Waals surface area contributed by atoms with Gasteiger partial charge in [-0.2, -0.15) is 0 Å². The van der Waals surface area contributed by atoms with E-state index in [-0.39, 0.29) is 0 Å². The van der Waals surface area contributed by atoms with Crippen LogP contribution in [0.5, 0.6) is 0 Å². The van der Waals surface area contributed by atoms with E-state index in [4.69, 9.17) is 0 Å². The van der Waals surface area contributed by atoms with Gasteiger partial charge in [-0.25, -0.2) is 0 Å². The minimum atomic E-state index is -1.54. The lowest BCUT2D eigenvalue weighted by molar-refractivity contribution is 0.705. The summed E-state index contributed by atoms with van der Waals surface area (Å²) >= 11 is 0. The van der Waals surface area contributed by atoms with Crippen LogP contribution in [-0.2, 0) is 0 Å². The van der Waals surface area contributed by atoms with Crippen LogP contribution in [0.25, 0.3) is 0 Å². The van der Waals surface area contributed by atoms with Gasteiger partial charge in [-0.05, 0) is 62.1 Å². The molecule has 0 amide bonds. The van der Waals surface area contributed by atoms with Crippen LogP contribution in [0.2, 0.25) is 0 Å². The van der Waals surface area contributed by atoms with Gasteiger partial charge in [-0.15, -0.1) is 0 Å². The molecule has 0 nitrogen and oxygen atoms in total. The summed E-state index contributed by atoms with van der Waals surface area (Å²) in [6.07, 6.45) is 16.3. The Balaban J connectivity index is 2.09. The summed E-state index contributed by atoms with van der Waals surface area (Å²) in [4.78, 5) is 0. The molecule has 1 heteroatoms. The second-order valence-corrected chi connectivity index (χ2v) is 10.5. The van der Waals surface area contributed by atoms with Crippen LogP contribution >= 0.6 is 7.26 Å². The molecule has 25 heavy (non-hydrogen) atoms. The van der Waals surface area contributed by atoms with Gasteiger partial charge in [0.05, 0.1) is 6.16 Å². The quantitative estimate of drug-likeness (QED) is 0.378. The molecule has 130 valence electrons. The van der Waals surface area contributed by atoms with E-state index in [0.717, 1.165) is 0 Å². The highest BCUT2D eigenvalue weighted by molar-refractivity contribution is 7.93. The predicted octanol–water partition coefficient (Wildman–Crippen LogP) is 6.47. The van der Waals surface area contributed by atoms with E-state index in [1.165, 1.54) is 55.3 Å². The Morgan fingerprint density at radius 3 is 1.92 bits per heavy atom. The van der Waals surface area contributed by atoms with Crippen molar-refractivity contribution in [2.24, 2.45) is 0 Å². The molecule has 3 rings (SSSR count). The fourth-order valence-corrected chi connectivity index (χ4v) is 8.39. The Morgan fingerprint density at radius 1 is 0.760 bits per heavy atom. The van der Waals surface area contributed by atoms with E-state index in [1.807, 2.05) is 0 Å². The molecule has 0 saturated heterocycles. The molecular formula is C24H30P+. The third-order valence-corrected chi connectivity index (χ3v) is 9.72. The highest BCUT2D eigenvalue weighted by atomic mass is 31.2. The van der Waals surface area contributed by atoms with Crippen LogP contribution in [0, 0.1) is 0 Å². The molecule has 0 aromatic heterocycles. The molecule has 0 atom stereocenters. The summed E-state index contributed by atoms with van der Waals surface area (Å²) in [7, 11) is -1.54. The van der Waals surface area contributed by atoms with Crippen molar-refractivity contribution in [2.45, 2.75) is 45.4 Å². The van der Waals surface area contributed by atoms with Crippen molar-refractivity contribution >= 4 is 17.9 Å². The number of unbranched alkanes of at least 4 members (excludes halogenated alkanes) is 3. The van der Waals surface area contributed by atoms with Crippen molar-refractivity contribution < 1.29 is 0 Å². The van der Waals surface area contributed by atoms with Crippen LogP contribution in [0.4, 0.5) is 0 Å². The molecular weight excluding hydrogens is 319 g/mol. The Hall–Kier alpha value is -1.65. The fourth-order valence-electron chi connectivity index (χ4n) is 3.86. The van der Waals surface area contributed by atoms with Gasteiger partial charge < -0.3 is 0 Å². The first-order valence-corrected chi connectivity index (χ1v) is 11.7. The average Bonchev–Trinajstić information content (AvgIpc) is 2.70. The van der Waals surface area contributed by atoms with Gasteiger partial charge in [0, 0.05) is 0 Å². The summed E-state index contributed by atoms with van der Waals surface area (Å²) in [6.45, 7) is 2.29. The summed E-state index contributed by atoms with van der Waals surface area (Å²) in [6, 6.07) is 22.6. The SMILES string of the molecule is CCCCCC[P+](C1=CCCC=C1)(c1ccccc1)c1ccccc1. The van der Waals surface area contributed by atoms with Crippen molar-refractivity contribution in [3.8, 4) is 0 Å². The zero-order chi connectivity index (χ0) is 17.4. The Kier molecular flexibility index (Phi) is 6.65. The number of hydrogen-bond donors (Lipinski definition) is 0. The van der Waals surface area contributed by atoms with Crippen LogP contribution in [0.3, 0.4) is 0 Å². The first-order chi connectivity index (χ1) is 12.4. The van der Waals surface area contributed by atoms with Crippen LogP contribution < -0.4 is 10.6 Å². The molecule has 0 heterocycles. The van der Waals surface area contributed by atoms with Gasteiger partial charge in [-0.1, -0.05) is 62.2 Å². The monoisotopic (exact) mass is 349 g/mol. The van der Waals surface area contributed by atoms with Crippen molar-refractivity contribution in [2.75, 3.05) is 6.16 Å². The molecule has 0 fully saturated rings. The lowest BCUT2D eigenvalue weighted by atomic mass is 10.2. The molecule has 2 aromatic rings. The highest BCUT2D eigenvalue weighted by Crippen LogP contribution is 2.65. The molecule has 0 unspecified atom stereocenters. The molecule has 0 radical (unpaired) electrons. The maximum atomic E-state index is 2.52. The Bertz CT molecular complexity index is 658. The summed E-state index contributed by atoms with van der Waals surface area (Å²) in [5.41, 5.74) is 0. The molecule has 0 aliphatic heterocycles. The van der Waals surface area contributed by atoms with E-state index in [9.17, 15) is 0 Å². The third-order valence-electron chi connectivity index (χ3n) is 5.16. The summed E-state index contributed by atoms with van der Waals surface area (Å²) in [5.74, 6) is 0. The van der Waals surface area contributed by atoms with Crippen molar-refractivity contribution in [1.82, 2.24) is 0 Å². The molecule has 0 saturated carbocycles. The van der Waals surface area contributed by atoms with Crippen molar-refractivity contribution in [1.29, 1.82) is 0 Å². The van der Waals surface area contributed by atoms with Gasteiger partial charge >= 0.3 is 0 Å². The van der Waals surface area contributed by atoms with Crippen LogP contribution in [0.1, 0.15) is 45.4 Å². The lowest BCUT2D eigenvalue weighted by Gasteiger charge is -2.29. The van der Waals surface area contributed by atoms with E-state index in [1.54, 1.807) is 5.31 Å². The van der Waals surface area contributed by atoms with Crippen LogP contribution in [-0.4, -0.2) is 6.16 Å². The molecule has 1 aliphatic rings. The smallest absolute Gasteiger partial charge is 0.0803 e. The topological polar surface area (TPSA) is 0 Å². The van der Waals surface area contributed by atoms with Crippen molar-refractivity contribution in [3.63, 3.8) is 0 Å². The highest BCUT2D eigenvalue weighted by Gasteiger charge is 2.45. The maximum absolute atomic E-state index is 2.52. The van der Waals surface area contributed by atoms with Crippen LogP contribution in [0.15, 0.2) is 84.2 Å². The second kappa shape index (κ2) is 9.16. The molecule has 1 aliphatic carbocycles. The van der Waals surface area contributed by atoms with Crippen molar-refractivity contribution in [3.05, 3.63) is 84.2 Å². The summed E-state index contributed by atoms with van der Waals surface area (Å²) in [5, 5.41) is 4.67. The molecule has 0 N–H and O–H groups in total. The average molecular weight is 349 g/mol. The number of benzene rings is 2. The largest absolute Gasteiger partial charge is 0.111 e. The van der Waals surface area contributed by atoms with E-state index in [0.29, 0.717) is 0 Å². The van der Waals surface area contributed by atoms with E-state index >= 15 is 0 Å². The van der Waals surface area contributed by atoms with Gasteiger partial charge in [0.25, 0.3) is 0 Å². The number of hydrogen-bond acceptors (Lipinski definition) is 0. The maximum Gasteiger partial charge on any atom is 0.111 e. The third kappa shape index (κ3) is 4.13. The first kappa shape index (κ1) is 18.2. The molecule has 0 spiro atoms. The lowest BCUT2D eigenvalue weighted by Crippen LogP contribution is -2.26. The van der Waals surface area contributed by atoms with Gasteiger partial charge in [-0.3, -0.25) is 0 Å². The fraction of sp³-hybridized carbons (Fsp3) is 0.333. The summed E-state index contributed by atoms with van der Waals surface area (Å²) < 4.78 is 0. The van der Waals surface area contributed by atoms with E-state index < -0.39 is 7.26 Å². The van der Waals surface area contributed by atoms with E-state index in [2.05, 4.69) is 85.8 Å². The molecule has 0 bridgehead atoms. The minimum absolute atomic E-state index is 1.18. The first-order valence-electron chi connectivity index (χ1n) is 9.74. The minimum Gasteiger partial charge on any atom is -0.0803 e. The second-order valence-electron chi connectivity index (χ2n) is 6.87. The standard InChI is InChI=1S/C24H30P/c1-2-3-4-14-21-25(22-15-8-5-9-16-22,23-17-10-6-11-18-23)24-19-12-7-13-20-24/h5-6,8-12,15-20H,2-4,7,13-14,21H2,1H3/q+1.